The molecule has 0 aliphatic heterocycles. The highest BCUT2D eigenvalue weighted by Crippen LogP contribution is 2.21. The lowest BCUT2D eigenvalue weighted by Crippen LogP contribution is -2.38. The largest absolute Gasteiger partial charge is 0.497 e. The zero-order chi connectivity index (χ0) is 13.4. The summed E-state index contributed by atoms with van der Waals surface area (Å²) in [6.45, 7) is 2.88. The fourth-order valence-corrected chi connectivity index (χ4v) is 2.59. The molecule has 4 heteroatoms. The van der Waals surface area contributed by atoms with E-state index in [1.165, 1.54) is 17.2 Å². The molecule has 2 N–H and O–H groups in total. The summed E-state index contributed by atoms with van der Waals surface area (Å²) in [5.74, 6) is 3.22. The van der Waals surface area contributed by atoms with Crippen LogP contribution in [0.4, 0.5) is 5.69 Å². The number of rotatable bonds is 8. The van der Waals surface area contributed by atoms with Crippen LogP contribution >= 0.6 is 11.8 Å². The quantitative estimate of drug-likeness (QED) is 0.736. The first-order chi connectivity index (χ1) is 8.72. The average molecular weight is 268 g/mol. The number of methoxy groups -OCH3 is 1. The molecule has 0 spiro atoms. The van der Waals surface area contributed by atoms with E-state index in [9.17, 15) is 0 Å². The second kappa shape index (κ2) is 8.27. The van der Waals surface area contributed by atoms with Gasteiger partial charge in [0.1, 0.15) is 5.75 Å². The number of benzene rings is 1. The molecule has 1 rings (SSSR count). The summed E-state index contributed by atoms with van der Waals surface area (Å²) in [4.78, 5) is 2.26. The van der Waals surface area contributed by atoms with Gasteiger partial charge >= 0.3 is 0 Å². The molecular formula is C14H24N2OS. The number of nitrogens with two attached hydrogens (primary N) is 1. The second-order valence-electron chi connectivity index (χ2n) is 4.18. The zero-order valence-corrected chi connectivity index (χ0v) is 12.4. The van der Waals surface area contributed by atoms with E-state index < -0.39 is 0 Å². The molecule has 0 radical (unpaired) electrons. The van der Waals surface area contributed by atoms with Crippen LogP contribution in [0.3, 0.4) is 0 Å². The Morgan fingerprint density at radius 2 is 2.00 bits per heavy atom. The second-order valence-corrected chi connectivity index (χ2v) is 5.58. The molecule has 102 valence electrons. The van der Waals surface area contributed by atoms with Gasteiger partial charge in [0, 0.05) is 25.3 Å². The smallest absolute Gasteiger partial charge is 0.119 e. The van der Waals surface area contributed by atoms with Gasteiger partial charge < -0.3 is 15.4 Å². The Morgan fingerprint density at radius 3 is 2.50 bits per heavy atom. The maximum atomic E-state index is 5.87. The van der Waals surface area contributed by atoms with Gasteiger partial charge in [-0.3, -0.25) is 0 Å². The van der Waals surface area contributed by atoms with Crippen LogP contribution in [0.5, 0.6) is 5.75 Å². The Kier molecular flexibility index (Phi) is 6.98. The molecule has 1 aromatic carbocycles. The topological polar surface area (TPSA) is 38.5 Å². The summed E-state index contributed by atoms with van der Waals surface area (Å²) >= 11 is 1.97. The summed E-state index contributed by atoms with van der Waals surface area (Å²) in [6, 6.07) is 8.53. The van der Waals surface area contributed by atoms with Crippen molar-refractivity contribution in [3.05, 3.63) is 24.3 Å². The highest BCUT2D eigenvalue weighted by Gasteiger charge is 2.13. The van der Waals surface area contributed by atoms with Crippen LogP contribution in [0, 0.1) is 0 Å². The number of likely N-dealkylation sites (N-methyl/N-ethyl adjacent to an activating group) is 1. The van der Waals surface area contributed by atoms with Crippen molar-refractivity contribution < 1.29 is 4.74 Å². The van der Waals surface area contributed by atoms with Gasteiger partial charge in [0.2, 0.25) is 0 Å². The highest BCUT2D eigenvalue weighted by atomic mass is 32.2. The molecule has 0 bridgehead atoms. The lowest BCUT2D eigenvalue weighted by molar-refractivity contribution is 0.415. The molecule has 0 aliphatic rings. The van der Waals surface area contributed by atoms with Gasteiger partial charge in [-0.2, -0.15) is 11.8 Å². The molecule has 1 unspecified atom stereocenters. The maximum Gasteiger partial charge on any atom is 0.119 e. The van der Waals surface area contributed by atoms with E-state index in [2.05, 4.69) is 31.0 Å². The van der Waals surface area contributed by atoms with Gasteiger partial charge in [0.05, 0.1) is 7.11 Å². The molecule has 1 aromatic rings. The normalized spacial score (nSPS) is 12.2. The average Bonchev–Trinajstić information content (AvgIpc) is 2.43. The van der Waals surface area contributed by atoms with Crippen molar-refractivity contribution in [2.45, 2.75) is 19.4 Å². The molecule has 1 atom stereocenters. The summed E-state index contributed by atoms with van der Waals surface area (Å²) in [7, 11) is 3.79. The van der Waals surface area contributed by atoms with E-state index in [0.717, 1.165) is 12.2 Å². The fraction of sp³-hybridized carbons (Fsp3) is 0.571. The number of thioether (sulfide) groups is 1. The first-order valence-electron chi connectivity index (χ1n) is 6.37. The van der Waals surface area contributed by atoms with Crippen LogP contribution in [0.25, 0.3) is 0 Å². The monoisotopic (exact) mass is 268 g/mol. The van der Waals surface area contributed by atoms with Gasteiger partial charge in [-0.25, -0.2) is 0 Å². The van der Waals surface area contributed by atoms with E-state index in [0.29, 0.717) is 12.6 Å². The van der Waals surface area contributed by atoms with E-state index >= 15 is 0 Å². The van der Waals surface area contributed by atoms with Crippen molar-refractivity contribution in [2.24, 2.45) is 5.73 Å². The summed E-state index contributed by atoms with van der Waals surface area (Å²) < 4.78 is 5.17. The number of hydrogen-bond donors (Lipinski definition) is 1. The van der Waals surface area contributed by atoms with Gasteiger partial charge in [-0.15, -0.1) is 0 Å². The van der Waals surface area contributed by atoms with Gasteiger partial charge in [-0.1, -0.05) is 6.92 Å². The molecule has 0 saturated heterocycles. The predicted octanol–water partition coefficient (Wildman–Crippen LogP) is 2.60. The Hall–Kier alpha value is -0.870. The SMILES string of the molecule is CCSCCC(CN)N(C)c1ccc(OC)cc1. The van der Waals surface area contributed by atoms with E-state index in [1.54, 1.807) is 7.11 Å². The highest BCUT2D eigenvalue weighted by molar-refractivity contribution is 7.99. The molecule has 0 amide bonds. The molecule has 0 saturated carbocycles. The number of anilines is 1. The molecule has 18 heavy (non-hydrogen) atoms. The Morgan fingerprint density at radius 1 is 1.33 bits per heavy atom. The number of nitrogens with zero attached hydrogens (tertiary/aromatic N) is 1. The minimum Gasteiger partial charge on any atom is -0.497 e. The summed E-state index contributed by atoms with van der Waals surface area (Å²) in [5, 5.41) is 0. The van der Waals surface area contributed by atoms with Crippen LogP contribution in [-0.2, 0) is 0 Å². The summed E-state index contributed by atoms with van der Waals surface area (Å²) in [5.41, 5.74) is 7.06. The van der Waals surface area contributed by atoms with Crippen LogP contribution in [0.1, 0.15) is 13.3 Å². The molecule has 0 fully saturated rings. The van der Waals surface area contributed by atoms with E-state index in [-0.39, 0.29) is 0 Å². The third-order valence-corrected chi connectivity index (χ3v) is 4.03. The van der Waals surface area contributed by atoms with Crippen molar-refractivity contribution in [1.29, 1.82) is 0 Å². The van der Waals surface area contributed by atoms with Gasteiger partial charge in [-0.05, 0) is 42.2 Å². The van der Waals surface area contributed by atoms with Crippen molar-refractivity contribution in [2.75, 3.05) is 37.1 Å². The number of ether oxygens (including phenoxy) is 1. The van der Waals surface area contributed by atoms with Crippen LogP contribution < -0.4 is 15.4 Å². The summed E-state index contributed by atoms with van der Waals surface area (Å²) in [6.07, 6.45) is 1.12. The van der Waals surface area contributed by atoms with E-state index in [1.807, 2.05) is 23.9 Å². The van der Waals surface area contributed by atoms with Crippen LogP contribution in [-0.4, -0.2) is 38.2 Å². The van der Waals surface area contributed by atoms with Crippen LogP contribution in [0.15, 0.2) is 24.3 Å². The zero-order valence-electron chi connectivity index (χ0n) is 11.6. The molecule has 0 aliphatic carbocycles. The van der Waals surface area contributed by atoms with Crippen molar-refractivity contribution in [3.8, 4) is 5.75 Å². The lowest BCUT2D eigenvalue weighted by Gasteiger charge is -2.29. The third kappa shape index (κ3) is 4.42. The molecular weight excluding hydrogens is 244 g/mol. The Balaban J connectivity index is 2.60. The minimum atomic E-state index is 0.400. The Labute approximate surface area is 115 Å². The van der Waals surface area contributed by atoms with Crippen molar-refractivity contribution >= 4 is 17.4 Å². The maximum absolute atomic E-state index is 5.87. The minimum absolute atomic E-state index is 0.400. The van der Waals surface area contributed by atoms with Crippen molar-refractivity contribution in [1.82, 2.24) is 0 Å². The molecule has 0 heterocycles. The third-order valence-electron chi connectivity index (χ3n) is 3.10. The number of hydrogen-bond acceptors (Lipinski definition) is 4. The van der Waals surface area contributed by atoms with Crippen LogP contribution in [0.2, 0.25) is 0 Å². The first kappa shape index (κ1) is 15.2. The predicted molar refractivity (Wildman–Crippen MR) is 81.9 cm³/mol. The molecule has 0 aromatic heterocycles. The van der Waals surface area contributed by atoms with Gasteiger partial charge in [0.15, 0.2) is 0 Å². The van der Waals surface area contributed by atoms with Gasteiger partial charge in [0.25, 0.3) is 0 Å². The van der Waals surface area contributed by atoms with E-state index in [4.69, 9.17) is 10.5 Å². The van der Waals surface area contributed by atoms with Crippen molar-refractivity contribution in [3.63, 3.8) is 0 Å². The Bertz CT molecular complexity index is 329. The fourth-order valence-electron chi connectivity index (χ4n) is 1.86. The lowest BCUT2D eigenvalue weighted by atomic mass is 10.1. The molecule has 3 nitrogen and oxygen atoms in total. The first-order valence-corrected chi connectivity index (χ1v) is 7.53. The standard InChI is InChI=1S/C14H24N2OS/c1-4-18-10-9-13(11-15)16(2)12-5-7-14(17-3)8-6-12/h5-8,13H,4,9-11,15H2,1-3H3.